The molecule has 0 aliphatic rings. The van der Waals surface area contributed by atoms with Crippen molar-refractivity contribution in [3.63, 3.8) is 0 Å². The molecule has 14 heavy (non-hydrogen) atoms. The Morgan fingerprint density at radius 1 is 1.29 bits per heavy atom. The molecule has 0 aliphatic heterocycles. The number of nitrogens with zero attached hydrogens (tertiary/aromatic N) is 1. The maximum atomic E-state index is 12.3. The van der Waals surface area contributed by atoms with Gasteiger partial charge in [0.05, 0.1) is 5.56 Å². The van der Waals surface area contributed by atoms with Crippen molar-refractivity contribution < 1.29 is 17.6 Å². The van der Waals surface area contributed by atoms with Gasteiger partial charge in [0.25, 0.3) is 0 Å². The Labute approximate surface area is 84.9 Å². The van der Waals surface area contributed by atoms with E-state index < -0.39 is 11.7 Å². The molecule has 1 heterocycles. The molecule has 0 amide bonds. The van der Waals surface area contributed by atoms with Crippen molar-refractivity contribution in [3.05, 3.63) is 28.6 Å². The van der Waals surface area contributed by atoms with Crippen LogP contribution < -0.4 is 0 Å². The Bertz CT molecular complexity index is 477. The van der Waals surface area contributed by atoms with Crippen LogP contribution in [0.4, 0.5) is 13.2 Å². The topological polar surface area (TPSA) is 26.0 Å². The molecule has 0 spiro atoms. The van der Waals surface area contributed by atoms with E-state index in [1.165, 1.54) is 0 Å². The normalized spacial score (nSPS) is 12.3. The lowest BCUT2D eigenvalue weighted by Gasteiger charge is -2.06. The Morgan fingerprint density at radius 3 is 2.64 bits per heavy atom. The Kier molecular flexibility index (Phi) is 2.02. The van der Waals surface area contributed by atoms with Gasteiger partial charge in [0.15, 0.2) is 12.0 Å². The summed E-state index contributed by atoms with van der Waals surface area (Å²) in [5.41, 5.74) is -0.252. The van der Waals surface area contributed by atoms with E-state index >= 15 is 0 Å². The third-order valence-corrected chi connectivity index (χ3v) is 2.32. The molecule has 0 saturated carbocycles. The number of rotatable bonds is 0. The van der Waals surface area contributed by atoms with Crippen molar-refractivity contribution in [2.45, 2.75) is 6.18 Å². The van der Waals surface area contributed by atoms with Crippen LogP contribution >= 0.6 is 15.9 Å². The number of benzene rings is 1. The van der Waals surface area contributed by atoms with Gasteiger partial charge in [-0.2, -0.15) is 13.2 Å². The van der Waals surface area contributed by atoms with Crippen LogP contribution in [0, 0.1) is 0 Å². The first-order valence-electron chi connectivity index (χ1n) is 3.58. The van der Waals surface area contributed by atoms with Gasteiger partial charge in [0, 0.05) is 4.47 Å². The van der Waals surface area contributed by atoms with E-state index in [4.69, 9.17) is 4.42 Å². The van der Waals surface area contributed by atoms with Gasteiger partial charge in [-0.1, -0.05) is 0 Å². The van der Waals surface area contributed by atoms with E-state index in [-0.39, 0.29) is 10.1 Å². The molecule has 1 aromatic carbocycles. The zero-order valence-corrected chi connectivity index (χ0v) is 8.19. The minimum Gasteiger partial charge on any atom is -0.443 e. The third-order valence-electron chi connectivity index (χ3n) is 1.72. The van der Waals surface area contributed by atoms with Crippen molar-refractivity contribution in [3.8, 4) is 0 Å². The number of halogens is 4. The highest BCUT2D eigenvalue weighted by atomic mass is 79.9. The van der Waals surface area contributed by atoms with Gasteiger partial charge in [0.1, 0.15) is 5.52 Å². The van der Waals surface area contributed by atoms with Crippen LogP contribution in [0.1, 0.15) is 5.56 Å². The summed E-state index contributed by atoms with van der Waals surface area (Å²) in [5, 5.41) is 0. The molecule has 74 valence electrons. The third kappa shape index (κ3) is 1.50. The first kappa shape index (κ1) is 9.51. The number of aromatic nitrogens is 1. The lowest BCUT2D eigenvalue weighted by Crippen LogP contribution is -2.04. The van der Waals surface area contributed by atoms with Gasteiger partial charge in [-0.25, -0.2) is 4.98 Å². The fourth-order valence-electron chi connectivity index (χ4n) is 1.09. The number of hydrogen-bond acceptors (Lipinski definition) is 2. The number of alkyl halides is 3. The molecule has 2 rings (SSSR count). The minimum absolute atomic E-state index is 0.117. The summed E-state index contributed by atoms with van der Waals surface area (Å²) in [6.07, 6.45) is -3.26. The van der Waals surface area contributed by atoms with Crippen molar-refractivity contribution in [2.24, 2.45) is 0 Å². The highest BCUT2D eigenvalue weighted by molar-refractivity contribution is 9.10. The average molecular weight is 266 g/mol. The maximum Gasteiger partial charge on any atom is 0.416 e. The van der Waals surface area contributed by atoms with E-state index in [1.807, 2.05) is 0 Å². The summed E-state index contributed by atoms with van der Waals surface area (Å²) in [6.45, 7) is 0. The second-order valence-corrected chi connectivity index (χ2v) is 3.51. The zero-order valence-electron chi connectivity index (χ0n) is 6.60. The zero-order chi connectivity index (χ0) is 10.3. The van der Waals surface area contributed by atoms with Gasteiger partial charge in [-0.15, -0.1) is 0 Å². The summed E-state index contributed by atoms with van der Waals surface area (Å²) < 4.78 is 42.0. The number of oxazole rings is 1. The van der Waals surface area contributed by atoms with Gasteiger partial charge in [-0.05, 0) is 28.1 Å². The summed E-state index contributed by atoms with van der Waals surface area (Å²) in [4.78, 5) is 3.76. The largest absolute Gasteiger partial charge is 0.443 e. The molecule has 0 saturated heterocycles. The molecule has 0 radical (unpaired) electrons. The molecule has 2 nitrogen and oxygen atoms in total. The van der Waals surface area contributed by atoms with Crippen molar-refractivity contribution in [1.82, 2.24) is 4.98 Å². The van der Waals surface area contributed by atoms with Gasteiger partial charge in [0.2, 0.25) is 0 Å². The number of fused-ring (bicyclic) bond motifs is 1. The van der Waals surface area contributed by atoms with E-state index in [0.29, 0.717) is 5.52 Å². The highest BCUT2D eigenvalue weighted by Gasteiger charge is 2.31. The second-order valence-electron chi connectivity index (χ2n) is 2.65. The van der Waals surface area contributed by atoms with Gasteiger partial charge in [-0.3, -0.25) is 0 Å². The summed E-state index contributed by atoms with van der Waals surface area (Å²) in [7, 11) is 0. The van der Waals surface area contributed by atoms with Crippen LogP contribution in [0.5, 0.6) is 0 Å². The summed E-state index contributed by atoms with van der Waals surface area (Å²) in [6, 6.07) is 1.90. The van der Waals surface area contributed by atoms with E-state index in [1.54, 1.807) is 0 Å². The predicted octanol–water partition coefficient (Wildman–Crippen LogP) is 3.61. The molecule has 6 heteroatoms. The second kappa shape index (κ2) is 2.98. The standard InChI is InChI=1S/C8H3BrF3NO/c9-5-1-4(8(10,11)12)2-6-7(5)13-3-14-6/h1-3H. The minimum atomic E-state index is -4.37. The maximum absolute atomic E-state index is 12.3. The van der Waals surface area contributed by atoms with E-state index in [0.717, 1.165) is 18.5 Å². The molecule has 0 atom stereocenters. The van der Waals surface area contributed by atoms with Gasteiger partial charge >= 0.3 is 6.18 Å². The number of hydrogen-bond donors (Lipinski definition) is 0. The quantitative estimate of drug-likeness (QED) is 0.728. The first-order chi connectivity index (χ1) is 6.48. The van der Waals surface area contributed by atoms with Crippen molar-refractivity contribution in [2.75, 3.05) is 0 Å². The van der Waals surface area contributed by atoms with Crippen LogP contribution in [0.3, 0.4) is 0 Å². The molecule has 1 aromatic heterocycles. The lowest BCUT2D eigenvalue weighted by molar-refractivity contribution is -0.137. The smallest absolute Gasteiger partial charge is 0.416 e. The van der Waals surface area contributed by atoms with Crippen LogP contribution in [-0.2, 0) is 6.18 Å². The van der Waals surface area contributed by atoms with Crippen molar-refractivity contribution >= 4 is 27.0 Å². The lowest BCUT2D eigenvalue weighted by atomic mass is 10.2. The molecule has 0 N–H and O–H groups in total. The summed E-state index contributed by atoms with van der Waals surface area (Å²) in [5.74, 6) is 0. The van der Waals surface area contributed by atoms with E-state index in [2.05, 4.69) is 20.9 Å². The Morgan fingerprint density at radius 2 is 2.00 bits per heavy atom. The molecule has 2 aromatic rings. The Balaban J connectivity index is 2.70. The van der Waals surface area contributed by atoms with Crippen LogP contribution in [0.15, 0.2) is 27.4 Å². The van der Waals surface area contributed by atoms with Gasteiger partial charge < -0.3 is 4.42 Å². The Hall–Kier alpha value is -1.04. The fraction of sp³-hybridized carbons (Fsp3) is 0.125. The fourth-order valence-corrected chi connectivity index (χ4v) is 1.63. The molecule has 0 unspecified atom stereocenters. The van der Waals surface area contributed by atoms with Crippen LogP contribution in [0.25, 0.3) is 11.1 Å². The van der Waals surface area contributed by atoms with E-state index in [9.17, 15) is 13.2 Å². The first-order valence-corrected chi connectivity index (χ1v) is 4.38. The SMILES string of the molecule is FC(F)(F)c1cc(Br)c2ncoc2c1. The molecule has 0 fully saturated rings. The average Bonchev–Trinajstić information content (AvgIpc) is 2.50. The monoisotopic (exact) mass is 265 g/mol. The van der Waals surface area contributed by atoms with Crippen LogP contribution in [-0.4, -0.2) is 4.98 Å². The molecular weight excluding hydrogens is 263 g/mol. The molecule has 0 aliphatic carbocycles. The molecule has 0 bridgehead atoms. The summed E-state index contributed by atoms with van der Waals surface area (Å²) >= 11 is 3.00. The van der Waals surface area contributed by atoms with Crippen molar-refractivity contribution in [1.29, 1.82) is 0 Å². The predicted molar refractivity (Wildman–Crippen MR) is 46.7 cm³/mol. The molecular formula is C8H3BrF3NO. The highest BCUT2D eigenvalue weighted by Crippen LogP contribution is 2.34. The van der Waals surface area contributed by atoms with Crippen LogP contribution in [0.2, 0.25) is 0 Å².